The minimum atomic E-state index is -0.831. The summed E-state index contributed by atoms with van der Waals surface area (Å²) in [5.41, 5.74) is 1.74. The van der Waals surface area contributed by atoms with Crippen LogP contribution in [0.4, 0.5) is 4.79 Å². The predicted molar refractivity (Wildman–Crippen MR) is 171 cm³/mol. The van der Waals surface area contributed by atoms with Gasteiger partial charge < -0.3 is 23.4 Å². The number of benzene rings is 3. The topological polar surface area (TPSA) is 136 Å². The minimum Gasteiger partial charge on any atom is -0.486 e. The molecule has 0 unspecified atom stereocenters. The molecule has 4 aromatic rings. The third kappa shape index (κ3) is 16.6. The van der Waals surface area contributed by atoms with E-state index in [0.717, 1.165) is 18.8 Å². The zero-order valence-corrected chi connectivity index (χ0v) is 30.3. The summed E-state index contributed by atoms with van der Waals surface area (Å²) in [5, 5.41) is 0. The number of carbonyl (C=O) groups is 4. The average molecular weight is 866 g/mol. The van der Waals surface area contributed by atoms with Crippen molar-refractivity contribution in [1.82, 2.24) is 4.98 Å². The second-order valence-corrected chi connectivity index (χ2v) is 8.66. The van der Waals surface area contributed by atoms with Gasteiger partial charge in [-0.3, -0.25) is 4.79 Å². The van der Waals surface area contributed by atoms with Crippen molar-refractivity contribution in [3.05, 3.63) is 126 Å². The second-order valence-electron chi connectivity index (χ2n) is 8.66. The summed E-state index contributed by atoms with van der Waals surface area (Å²) in [4.78, 5) is 50.9. The normalized spacial score (nSPS) is 10.6. The molecule has 2 radical (unpaired) electrons. The van der Waals surface area contributed by atoms with Gasteiger partial charge in [0.2, 0.25) is 0 Å². The summed E-state index contributed by atoms with van der Waals surface area (Å²) in [6.45, 7) is 12.1. The summed E-state index contributed by atoms with van der Waals surface area (Å²) in [6.07, 6.45) is 2.97. The van der Waals surface area contributed by atoms with Gasteiger partial charge in [0.1, 0.15) is 6.57 Å². The van der Waals surface area contributed by atoms with Crippen LogP contribution < -0.4 is 0 Å². The van der Waals surface area contributed by atoms with Crippen LogP contribution in [0.3, 0.4) is 0 Å². The van der Waals surface area contributed by atoms with Crippen molar-refractivity contribution >= 4 is 32.4 Å². The maximum absolute atomic E-state index is 11.6. The molecule has 1 fully saturated rings. The number of oxazole rings is 1. The summed E-state index contributed by atoms with van der Waals surface area (Å²) < 4.78 is 29.2. The van der Waals surface area contributed by atoms with Crippen molar-refractivity contribution in [3.8, 4) is 11.3 Å². The van der Waals surface area contributed by atoms with Gasteiger partial charge in [-0.2, -0.15) is 4.85 Å². The minimum absolute atomic E-state index is 0. The van der Waals surface area contributed by atoms with Crippen LogP contribution in [0.5, 0.6) is 0 Å². The Hall–Kier alpha value is -4.48. The number of hydrogen-bond donors (Lipinski definition) is 0. The summed E-state index contributed by atoms with van der Waals surface area (Å²) >= 11 is 0. The van der Waals surface area contributed by atoms with Gasteiger partial charge in [-0.05, 0) is 52.3 Å². The van der Waals surface area contributed by atoms with E-state index in [1.54, 1.807) is 74.5 Å². The Labute approximate surface area is 301 Å². The summed E-state index contributed by atoms with van der Waals surface area (Å²) in [7, 11) is 3.75. The molecule has 13 heteroatoms. The van der Waals surface area contributed by atoms with Crippen LogP contribution in [0.2, 0.25) is 0 Å². The van der Waals surface area contributed by atoms with E-state index in [1.165, 1.54) is 19.2 Å². The van der Waals surface area contributed by atoms with E-state index < -0.39 is 24.0 Å². The zero-order valence-electron chi connectivity index (χ0n) is 27.1. The van der Waals surface area contributed by atoms with Crippen molar-refractivity contribution < 1.29 is 73.7 Å². The smallest absolute Gasteiger partial charge is 0.486 e. The van der Waals surface area contributed by atoms with Gasteiger partial charge in [0.15, 0.2) is 17.8 Å². The summed E-state index contributed by atoms with van der Waals surface area (Å²) in [5.74, 6) is -1.30. The molecule has 1 aliphatic rings. The molecule has 2 heterocycles. The van der Waals surface area contributed by atoms with Crippen LogP contribution in [0, 0.1) is 37.7 Å². The van der Waals surface area contributed by atoms with Crippen molar-refractivity contribution in [3.63, 3.8) is 0 Å². The molecule has 0 saturated carbocycles. The van der Waals surface area contributed by atoms with Crippen LogP contribution in [0.15, 0.2) is 102 Å². The second kappa shape index (κ2) is 25.7. The fourth-order valence-electron chi connectivity index (χ4n) is 3.40. The SMILES string of the molecule is C1CCOC1.CCOC(=O)c1ncoc1-c1ccccc1.O=C(OC(=O)c1ccccc1)c1ccccc1.[2H][B].[C-]#[N+]C(=O)OCC.[U]. The first-order chi connectivity index (χ1) is 22.9. The monoisotopic (exact) mass is 865 g/mol. The molecule has 0 atom stereocenters. The van der Waals surface area contributed by atoms with Crippen molar-refractivity contribution in [2.75, 3.05) is 26.4 Å². The van der Waals surface area contributed by atoms with Gasteiger partial charge in [-0.1, -0.05) is 66.7 Å². The van der Waals surface area contributed by atoms with Crippen LogP contribution in [0.1, 0.15) is 57.9 Å². The molecule has 1 saturated heterocycles. The molecule has 0 aliphatic carbocycles. The van der Waals surface area contributed by atoms with Gasteiger partial charge in [0.25, 0.3) is 0 Å². The number of rotatable bonds is 6. The Balaban J connectivity index is 0.000000656. The van der Waals surface area contributed by atoms with E-state index in [9.17, 15) is 19.2 Å². The van der Waals surface area contributed by atoms with Gasteiger partial charge in [0, 0.05) is 58.3 Å². The third-order valence-corrected chi connectivity index (χ3v) is 5.46. The number of nitrogens with zero attached hydrogens (tertiary/aromatic N) is 2. The fraction of sp³-hybridized carbons (Fsp3) is 0.235. The Morgan fingerprint density at radius 3 is 1.64 bits per heavy atom. The molecule has 11 nitrogen and oxygen atoms in total. The molecule has 1 aliphatic heterocycles. The van der Waals surface area contributed by atoms with Crippen molar-refractivity contribution in [2.45, 2.75) is 26.7 Å². The number of ether oxygens (including phenoxy) is 4. The zero-order chi connectivity index (χ0) is 34.7. The van der Waals surface area contributed by atoms with Crippen LogP contribution in [0.25, 0.3) is 16.2 Å². The molecule has 0 bridgehead atoms. The quantitative estimate of drug-likeness (QED) is 0.0704. The molecule has 47 heavy (non-hydrogen) atoms. The Morgan fingerprint density at radius 1 is 0.787 bits per heavy atom. The van der Waals surface area contributed by atoms with E-state index in [-0.39, 0.29) is 43.4 Å². The van der Waals surface area contributed by atoms with E-state index in [1.807, 2.05) is 30.3 Å². The van der Waals surface area contributed by atoms with Gasteiger partial charge in [-0.15, -0.1) is 0 Å². The fourth-order valence-corrected chi connectivity index (χ4v) is 3.40. The standard InChI is InChI=1S/C14H10O3.C12H11NO3.C4H5NO2.C4H8O.BH.U/c15-13(11-7-3-1-4-8-11)17-14(16)12-9-5-2-6-10-12;1-2-15-12(14)10-11(16-8-13-10)9-6-4-3-5-7-9;1-3-7-4(6)5-2;1-2-4-5-3-1;;/h1-10H;3-8H,2H2,1H3;3H2,1H3;1-4H2;1H;/i;;;;1D;. The number of hydrogen-bond acceptors (Lipinski definition) is 10. The van der Waals surface area contributed by atoms with Gasteiger partial charge in [-0.25, -0.2) is 19.4 Å². The van der Waals surface area contributed by atoms with Crippen molar-refractivity contribution in [1.29, 1.82) is 1.34 Å². The molecule has 242 valence electrons. The van der Waals surface area contributed by atoms with Gasteiger partial charge in [0.05, 0.1) is 24.3 Å². The number of carbonyl (C=O) groups excluding carboxylic acids is 4. The molecular formula is C34H35BN2O9U. The molecule has 1 amide bonds. The van der Waals surface area contributed by atoms with E-state index in [4.69, 9.17) is 26.5 Å². The molecule has 0 spiro atoms. The molecule has 1 aromatic heterocycles. The van der Waals surface area contributed by atoms with E-state index in [2.05, 4.69) is 22.9 Å². The maximum atomic E-state index is 11.6. The molecular weight excluding hydrogens is 829 g/mol. The van der Waals surface area contributed by atoms with Crippen LogP contribution in [-0.2, 0) is 18.9 Å². The first-order valence-corrected chi connectivity index (χ1v) is 14.1. The molecule has 0 N–H and O–H groups in total. The first-order valence-electron chi connectivity index (χ1n) is 14.6. The maximum Gasteiger partial charge on any atom is 0.561 e. The number of esters is 3. The van der Waals surface area contributed by atoms with E-state index >= 15 is 0 Å². The molecule has 5 rings (SSSR count). The van der Waals surface area contributed by atoms with Crippen LogP contribution in [-0.4, -0.2) is 65.1 Å². The van der Waals surface area contributed by atoms with Crippen molar-refractivity contribution in [2.24, 2.45) is 0 Å². The average Bonchev–Trinajstić information content (AvgIpc) is 3.88. The Kier molecular flexibility index (Phi) is 22.2. The van der Waals surface area contributed by atoms with Gasteiger partial charge >= 0.3 is 24.0 Å². The number of aromatic nitrogens is 1. The summed E-state index contributed by atoms with van der Waals surface area (Å²) in [6, 6.07) is 26.1. The van der Waals surface area contributed by atoms with E-state index in [0.29, 0.717) is 23.5 Å². The largest absolute Gasteiger partial charge is 0.561 e. The first kappa shape index (κ1) is 40.5. The Morgan fingerprint density at radius 2 is 1.26 bits per heavy atom. The molecule has 3 aromatic carbocycles. The number of amides is 1. The third-order valence-electron chi connectivity index (χ3n) is 5.46. The van der Waals surface area contributed by atoms with Crippen LogP contribution >= 0.6 is 0 Å². The predicted octanol–water partition coefficient (Wildman–Crippen LogP) is 6.41. The Bertz CT molecular complexity index is 1460.